The van der Waals surface area contributed by atoms with Crippen molar-refractivity contribution in [2.75, 3.05) is 19.8 Å². The van der Waals surface area contributed by atoms with Gasteiger partial charge in [-0.25, -0.2) is 4.39 Å². The van der Waals surface area contributed by atoms with Gasteiger partial charge in [-0.1, -0.05) is 22.9 Å². The number of nitrogens with two attached hydrogens (primary N) is 1. The van der Waals surface area contributed by atoms with Crippen LogP contribution in [0.4, 0.5) is 4.39 Å². The van der Waals surface area contributed by atoms with Crippen molar-refractivity contribution in [1.82, 2.24) is 10.2 Å². The lowest BCUT2D eigenvalue weighted by atomic mass is 10.2. The molecule has 3 rings (SSSR count). The van der Waals surface area contributed by atoms with Crippen LogP contribution < -0.4 is 15.2 Å². The van der Waals surface area contributed by atoms with Gasteiger partial charge < -0.3 is 20.3 Å². The van der Waals surface area contributed by atoms with Crippen molar-refractivity contribution in [3.8, 4) is 32.6 Å². The average molecular weight is 424 g/mol. The Balaban J connectivity index is 1.81. The highest BCUT2D eigenvalue weighted by Crippen LogP contribution is 2.37. The Hall–Kier alpha value is -2.26. The maximum absolute atomic E-state index is 14.4. The molecule has 6 nitrogen and oxygen atoms in total. The minimum atomic E-state index is -0.599. The van der Waals surface area contributed by atoms with Gasteiger partial charge in [0.25, 0.3) is 0 Å². The van der Waals surface area contributed by atoms with Crippen molar-refractivity contribution in [1.29, 1.82) is 0 Å². The zero-order valence-corrected chi connectivity index (χ0v) is 16.6. The molecule has 3 N–H and O–H groups in total. The van der Waals surface area contributed by atoms with E-state index in [9.17, 15) is 4.39 Å². The number of hydrogen-bond acceptors (Lipinski definition) is 7. The van der Waals surface area contributed by atoms with Gasteiger partial charge in [0.15, 0.2) is 11.6 Å². The third-order valence-corrected chi connectivity index (χ3v) is 5.09. The first-order chi connectivity index (χ1) is 13.5. The van der Waals surface area contributed by atoms with Crippen LogP contribution in [-0.4, -0.2) is 41.2 Å². The van der Waals surface area contributed by atoms with E-state index in [1.54, 1.807) is 0 Å². The van der Waals surface area contributed by atoms with Gasteiger partial charge in [0.2, 0.25) is 0 Å². The topological polar surface area (TPSA) is 90.5 Å². The fraction of sp³-hybridized carbons (Fsp3) is 0.263. The average Bonchev–Trinajstić information content (AvgIpc) is 3.18. The van der Waals surface area contributed by atoms with Crippen molar-refractivity contribution in [3.63, 3.8) is 0 Å². The van der Waals surface area contributed by atoms with E-state index < -0.39 is 11.9 Å². The van der Waals surface area contributed by atoms with E-state index in [1.807, 2.05) is 31.2 Å². The number of aliphatic hydroxyl groups is 1. The van der Waals surface area contributed by atoms with Crippen LogP contribution in [0.15, 0.2) is 36.4 Å². The second-order valence-electron chi connectivity index (χ2n) is 5.89. The number of halogens is 2. The summed E-state index contributed by atoms with van der Waals surface area (Å²) < 4.78 is 25.1. The largest absolute Gasteiger partial charge is 0.494 e. The molecule has 0 fully saturated rings. The third-order valence-electron chi connectivity index (χ3n) is 3.78. The summed E-state index contributed by atoms with van der Waals surface area (Å²) in [6, 6.07) is 9.51. The Kier molecular flexibility index (Phi) is 6.79. The minimum absolute atomic E-state index is 0.0240. The second kappa shape index (κ2) is 9.29. The lowest BCUT2D eigenvalue weighted by Crippen LogP contribution is -2.31. The molecule has 9 heteroatoms. The summed E-state index contributed by atoms with van der Waals surface area (Å²) in [4.78, 5) is 0. The molecule has 1 aromatic heterocycles. The highest BCUT2D eigenvalue weighted by Gasteiger charge is 2.16. The van der Waals surface area contributed by atoms with Gasteiger partial charge in [-0.2, -0.15) is 0 Å². The molecule has 3 aromatic rings. The second-order valence-corrected chi connectivity index (χ2v) is 7.27. The molecule has 1 heterocycles. The van der Waals surface area contributed by atoms with Crippen molar-refractivity contribution in [2.45, 2.75) is 13.0 Å². The summed E-state index contributed by atoms with van der Waals surface area (Å²) in [6.07, 6.45) is 0. The molecule has 148 valence electrons. The molecule has 0 radical (unpaired) electrons. The maximum Gasteiger partial charge on any atom is 0.165 e. The zero-order chi connectivity index (χ0) is 20.1. The van der Waals surface area contributed by atoms with E-state index in [1.165, 1.54) is 23.5 Å². The molecule has 0 aliphatic rings. The van der Waals surface area contributed by atoms with Gasteiger partial charge in [0.1, 0.15) is 22.4 Å². The predicted molar refractivity (Wildman–Crippen MR) is 107 cm³/mol. The number of aromatic nitrogens is 2. The number of benzene rings is 2. The Labute approximate surface area is 170 Å². The lowest BCUT2D eigenvalue weighted by molar-refractivity contribution is 0.202. The first kappa shape index (κ1) is 20.5. The lowest BCUT2D eigenvalue weighted by Gasteiger charge is -2.12. The number of ether oxygens (including phenoxy) is 2. The van der Waals surface area contributed by atoms with Crippen molar-refractivity contribution < 1.29 is 19.0 Å². The quantitative estimate of drug-likeness (QED) is 0.573. The van der Waals surface area contributed by atoms with Crippen LogP contribution in [0.2, 0.25) is 5.02 Å². The summed E-state index contributed by atoms with van der Waals surface area (Å²) >= 11 is 7.59. The van der Waals surface area contributed by atoms with E-state index in [4.69, 9.17) is 31.9 Å². The summed E-state index contributed by atoms with van der Waals surface area (Å²) in [5.74, 6) is 0.147. The van der Waals surface area contributed by atoms with Crippen LogP contribution >= 0.6 is 22.9 Å². The van der Waals surface area contributed by atoms with Crippen molar-refractivity contribution >= 4 is 22.9 Å². The van der Waals surface area contributed by atoms with Crippen LogP contribution in [0.1, 0.15) is 6.92 Å². The molecule has 0 unspecified atom stereocenters. The van der Waals surface area contributed by atoms with Gasteiger partial charge >= 0.3 is 0 Å². The number of aliphatic hydroxyl groups excluding tert-OH is 1. The van der Waals surface area contributed by atoms with Crippen LogP contribution in [-0.2, 0) is 0 Å². The molecule has 28 heavy (non-hydrogen) atoms. The molecule has 0 spiro atoms. The Bertz CT molecular complexity index is 937. The van der Waals surface area contributed by atoms with Crippen molar-refractivity contribution in [3.05, 3.63) is 47.2 Å². The van der Waals surface area contributed by atoms with Crippen LogP contribution in [0.3, 0.4) is 0 Å². The SMILES string of the molecule is CCOc1ccc(-c2nnc(-c3cc(F)c(OC[C@H](N)CO)cc3Cl)s2)cc1. The van der Waals surface area contributed by atoms with Crippen molar-refractivity contribution in [2.24, 2.45) is 5.73 Å². The number of hydrogen-bond donors (Lipinski definition) is 2. The molecule has 1 atom stereocenters. The fourth-order valence-electron chi connectivity index (χ4n) is 2.36. The van der Waals surface area contributed by atoms with Gasteiger partial charge in [-0.3, -0.25) is 0 Å². The number of rotatable bonds is 8. The van der Waals surface area contributed by atoms with E-state index >= 15 is 0 Å². The number of nitrogens with zero attached hydrogens (tertiary/aromatic N) is 2. The van der Waals surface area contributed by atoms with E-state index in [2.05, 4.69) is 10.2 Å². The smallest absolute Gasteiger partial charge is 0.165 e. The molecule has 2 aromatic carbocycles. The molecular weight excluding hydrogens is 405 g/mol. The van der Waals surface area contributed by atoms with E-state index in [-0.39, 0.29) is 24.0 Å². The van der Waals surface area contributed by atoms with Gasteiger partial charge in [0.05, 0.1) is 24.3 Å². The molecule has 0 amide bonds. The fourth-order valence-corrected chi connectivity index (χ4v) is 3.54. The van der Waals surface area contributed by atoms with Crippen LogP contribution in [0.25, 0.3) is 21.1 Å². The van der Waals surface area contributed by atoms with Crippen LogP contribution in [0, 0.1) is 5.82 Å². The molecule has 0 saturated carbocycles. The Morgan fingerprint density at radius 3 is 2.57 bits per heavy atom. The first-order valence-corrected chi connectivity index (χ1v) is 9.76. The van der Waals surface area contributed by atoms with Gasteiger partial charge in [-0.05, 0) is 37.3 Å². The highest BCUT2D eigenvalue weighted by atomic mass is 35.5. The Morgan fingerprint density at radius 2 is 1.89 bits per heavy atom. The molecular formula is C19H19ClFN3O3S. The third kappa shape index (κ3) is 4.77. The molecule has 0 bridgehead atoms. The van der Waals surface area contributed by atoms with E-state index in [0.29, 0.717) is 22.2 Å². The summed E-state index contributed by atoms with van der Waals surface area (Å²) in [7, 11) is 0. The highest BCUT2D eigenvalue weighted by molar-refractivity contribution is 7.18. The minimum Gasteiger partial charge on any atom is -0.494 e. The summed E-state index contributed by atoms with van der Waals surface area (Å²) in [5, 5.41) is 18.7. The summed E-state index contributed by atoms with van der Waals surface area (Å²) in [6.45, 7) is 2.24. The zero-order valence-electron chi connectivity index (χ0n) is 15.1. The van der Waals surface area contributed by atoms with Gasteiger partial charge in [0, 0.05) is 17.2 Å². The summed E-state index contributed by atoms with van der Waals surface area (Å²) in [5.41, 5.74) is 6.86. The normalized spacial score (nSPS) is 12.0. The molecule has 0 aliphatic heterocycles. The Morgan fingerprint density at radius 1 is 1.18 bits per heavy atom. The monoisotopic (exact) mass is 423 g/mol. The van der Waals surface area contributed by atoms with E-state index in [0.717, 1.165) is 11.3 Å². The maximum atomic E-state index is 14.4. The van der Waals surface area contributed by atoms with Gasteiger partial charge in [-0.15, -0.1) is 10.2 Å². The standard InChI is InChI=1S/C19H19ClFN3O3S/c1-2-26-13-5-3-11(4-6-13)18-23-24-19(28-18)14-7-16(21)17(8-15(14)20)27-10-12(22)9-25/h3-8,12,25H,2,9-10,22H2,1H3/t12-/m1/s1. The van der Waals surface area contributed by atoms with Crippen LogP contribution in [0.5, 0.6) is 11.5 Å². The molecule has 0 saturated heterocycles. The molecule has 0 aliphatic carbocycles. The predicted octanol–water partition coefficient (Wildman–Crippen LogP) is 3.76. The first-order valence-electron chi connectivity index (χ1n) is 8.57.